The molecule has 94 valence electrons. The fourth-order valence-electron chi connectivity index (χ4n) is 2.73. The zero-order valence-corrected chi connectivity index (χ0v) is 11.1. The molecule has 1 saturated carbocycles. The lowest BCUT2D eigenvalue weighted by Crippen LogP contribution is -2.21. The van der Waals surface area contributed by atoms with Gasteiger partial charge in [0, 0.05) is 12.2 Å². The summed E-state index contributed by atoms with van der Waals surface area (Å²) in [5.41, 5.74) is 1.09. The molecule has 1 aromatic heterocycles. The van der Waals surface area contributed by atoms with E-state index in [0.29, 0.717) is 0 Å². The van der Waals surface area contributed by atoms with Crippen molar-refractivity contribution in [1.29, 1.82) is 0 Å². The van der Waals surface area contributed by atoms with Gasteiger partial charge in [-0.15, -0.1) is 0 Å². The van der Waals surface area contributed by atoms with E-state index in [9.17, 15) is 0 Å². The molecule has 0 unspecified atom stereocenters. The Bertz CT molecular complexity index is 341. The van der Waals surface area contributed by atoms with E-state index in [-0.39, 0.29) is 0 Å². The van der Waals surface area contributed by atoms with Gasteiger partial charge in [-0.25, -0.2) is 4.98 Å². The first kappa shape index (κ1) is 12.4. The topological polar surface area (TPSA) is 24.9 Å². The summed E-state index contributed by atoms with van der Waals surface area (Å²) in [4.78, 5) is 4.48. The highest BCUT2D eigenvalue weighted by molar-refractivity contribution is 5.34. The lowest BCUT2D eigenvalue weighted by molar-refractivity contribution is 0.278. The van der Waals surface area contributed by atoms with Crippen molar-refractivity contribution >= 4 is 5.82 Å². The van der Waals surface area contributed by atoms with Gasteiger partial charge in [0.1, 0.15) is 5.82 Å². The Balaban J connectivity index is 1.76. The summed E-state index contributed by atoms with van der Waals surface area (Å²) in [7, 11) is 0. The van der Waals surface area contributed by atoms with Gasteiger partial charge in [0.25, 0.3) is 0 Å². The Morgan fingerprint density at radius 3 is 2.53 bits per heavy atom. The van der Waals surface area contributed by atoms with Crippen molar-refractivity contribution in [2.24, 2.45) is 11.8 Å². The third-order valence-electron chi connectivity index (χ3n) is 4.00. The minimum absolute atomic E-state index is 0.847. The van der Waals surface area contributed by atoms with Gasteiger partial charge in [-0.2, -0.15) is 0 Å². The van der Waals surface area contributed by atoms with E-state index in [1.54, 1.807) is 0 Å². The minimum Gasteiger partial charge on any atom is -0.370 e. The Hall–Kier alpha value is -1.05. The molecule has 17 heavy (non-hydrogen) atoms. The van der Waals surface area contributed by atoms with Crippen molar-refractivity contribution in [1.82, 2.24) is 4.98 Å². The highest BCUT2D eigenvalue weighted by Gasteiger charge is 2.19. The zero-order valence-electron chi connectivity index (χ0n) is 11.1. The molecule has 2 nitrogen and oxygen atoms in total. The molecular weight excluding hydrogens is 208 g/mol. The molecule has 2 rings (SSSR count). The standard InChI is InChI=1S/C15H24N2/c1-3-13-7-9-14(10-8-13)11-16-15-6-4-5-12(2)17-15/h4-6,13-14H,3,7-11H2,1-2H3,(H,16,17). The van der Waals surface area contributed by atoms with Gasteiger partial charge in [-0.3, -0.25) is 0 Å². The second-order valence-electron chi connectivity index (χ2n) is 5.34. The van der Waals surface area contributed by atoms with Crippen LogP contribution in [-0.2, 0) is 0 Å². The van der Waals surface area contributed by atoms with Crippen LogP contribution in [0.15, 0.2) is 18.2 Å². The van der Waals surface area contributed by atoms with Crippen LogP contribution in [0.3, 0.4) is 0 Å². The smallest absolute Gasteiger partial charge is 0.126 e. The quantitative estimate of drug-likeness (QED) is 0.848. The molecule has 1 heterocycles. The predicted octanol–water partition coefficient (Wildman–Crippen LogP) is 4.02. The van der Waals surface area contributed by atoms with Gasteiger partial charge in [0.2, 0.25) is 0 Å². The average molecular weight is 232 g/mol. The SMILES string of the molecule is CCC1CCC(CNc2cccc(C)n2)CC1. The number of anilines is 1. The first-order chi connectivity index (χ1) is 8.28. The number of nitrogens with one attached hydrogen (secondary N) is 1. The maximum atomic E-state index is 4.48. The molecule has 0 amide bonds. The molecule has 0 spiro atoms. The molecule has 1 N–H and O–H groups in total. The second-order valence-corrected chi connectivity index (χ2v) is 5.34. The Morgan fingerprint density at radius 2 is 1.88 bits per heavy atom. The number of aryl methyl sites for hydroxylation is 1. The van der Waals surface area contributed by atoms with E-state index >= 15 is 0 Å². The summed E-state index contributed by atoms with van der Waals surface area (Å²) in [6.45, 7) is 5.45. The lowest BCUT2D eigenvalue weighted by Gasteiger charge is -2.28. The summed E-state index contributed by atoms with van der Waals surface area (Å²) in [6, 6.07) is 6.17. The van der Waals surface area contributed by atoms with Gasteiger partial charge in [-0.1, -0.05) is 32.3 Å². The molecule has 1 aliphatic carbocycles. The van der Waals surface area contributed by atoms with Crippen molar-refractivity contribution in [3.05, 3.63) is 23.9 Å². The van der Waals surface area contributed by atoms with E-state index in [1.807, 2.05) is 13.0 Å². The number of hydrogen-bond acceptors (Lipinski definition) is 2. The Labute approximate surface area is 105 Å². The van der Waals surface area contributed by atoms with Crippen LogP contribution in [0.1, 0.15) is 44.7 Å². The number of hydrogen-bond donors (Lipinski definition) is 1. The van der Waals surface area contributed by atoms with Gasteiger partial charge < -0.3 is 5.32 Å². The number of pyridine rings is 1. The maximum absolute atomic E-state index is 4.48. The number of aromatic nitrogens is 1. The normalized spacial score (nSPS) is 24.6. The van der Waals surface area contributed by atoms with E-state index < -0.39 is 0 Å². The predicted molar refractivity (Wildman–Crippen MR) is 73.2 cm³/mol. The minimum atomic E-state index is 0.847. The molecular formula is C15H24N2. The van der Waals surface area contributed by atoms with Crippen molar-refractivity contribution in [2.75, 3.05) is 11.9 Å². The van der Waals surface area contributed by atoms with Crippen LogP contribution in [0.5, 0.6) is 0 Å². The first-order valence-electron chi connectivity index (χ1n) is 6.95. The zero-order chi connectivity index (χ0) is 12.1. The lowest BCUT2D eigenvalue weighted by atomic mass is 9.81. The van der Waals surface area contributed by atoms with Gasteiger partial charge in [-0.05, 0) is 43.7 Å². The van der Waals surface area contributed by atoms with Crippen molar-refractivity contribution in [3.8, 4) is 0 Å². The summed E-state index contributed by atoms with van der Waals surface area (Å²) in [5.74, 6) is 2.87. The van der Waals surface area contributed by atoms with Crippen LogP contribution >= 0.6 is 0 Å². The van der Waals surface area contributed by atoms with Crippen LogP contribution in [0.2, 0.25) is 0 Å². The molecule has 0 aliphatic heterocycles. The van der Waals surface area contributed by atoms with E-state index in [4.69, 9.17) is 0 Å². The molecule has 2 heteroatoms. The van der Waals surface area contributed by atoms with Crippen LogP contribution in [0.25, 0.3) is 0 Å². The van der Waals surface area contributed by atoms with Crippen molar-refractivity contribution in [3.63, 3.8) is 0 Å². The monoisotopic (exact) mass is 232 g/mol. The fourth-order valence-corrected chi connectivity index (χ4v) is 2.73. The third kappa shape index (κ3) is 3.72. The van der Waals surface area contributed by atoms with Gasteiger partial charge in [0.05, 0.1) is 0 Å². The van der Waals surface area contributed by atoms with Crippen LogP contribution in [0.4, 0.5) is 5.82 Å². The summed E-state index contributed by atoms with van der Waals surface area (Å²) < 4.78 is 0. The van der Waals surface area contributed by atoms with E-state index in [0.717, 1.165) is 29.9 Å². The average Bonchev–Trinajstić information content (AvgIpc) is 2.37. The number of nitrogens with zero attached hydrogens (tertiary/aromatic N) is 1. The number of rotatable bonds is 4. The Morgan fingerprint density at radius 1 is 1.18 bits per heavy atom. The molecule has 1 aromatic rings. The third-order valence-corrected chi connectivity index (χ3v) is 4.00. The maximum Gasteiger partial charge on any atom is 0.126 e. The van der Waals surface area contributed by atoms with Crippen LogP contribution in [-0.4, -0.2) is 11.5 Å². The van der Waals surface area contributed by atoms with Crippen molar-refractivity contribution in [2.45, 2.75) is 46.0 Å². The molecule has 0 aromatic carbocycles. The Kier molecular flexibility index (Phi) is 4.41. The molecule has 0 atom stereocenters. The largest absolute Gasteiger partial charge is 0.370 e. The van der Waals surface area contributed by atoms with Crippen LogP contribution < -0.4 is 5.32 Å². The van der Waals surface area contributed by atoms with E-state index in [1.165, 1.54) is 32.1 Å². The van der Waals surface area contributed by atoms with Crippen molar-refractivity contribution < 1.29 is 0 Å². The summed E-state index contributed by atoms with van der Waals surface area (Å²) in [5, 5.41) is 3.48. The second kappa shape index (κ2) is 6.04. The summed E-state index contributed by atoms with van der Waals surface area (Å²) >= 11 is 0. The van der Waals surface area contributed by atoms with Gasteiger partial charge >= 0.3 is 0 Å². The molecule has 1 aliphatic rings. The highest BCUT2D eigenvalue weighted by Crippen LogP contribution is 2.30. The summed E-state index contributed by atoms with van der Waals surface area (Å²) in [6.07, 6.45) is 6.97. The molecule has 1 fully saturated rings. The first-order valence-corrected chi connectivity index (χ1v) is 6.95. The molecule has 0 bridgehead atoms. The van der Waals surface area contributed by atoms with Gasteiger partial charge in [0.15, 0.2) is 0 Å². The fraction of sp³-hybridized carbons (Fsp3) is 0.667. The molecule has 0 saturated heterocycles. The molecule has 0 radical (unpaired) electrons. The van der Waals surface area contributed by atoms with E-state index in [2.05, 4.69) is 29.4 Å². The highest BCUT2D eigenvalue weighted by atomic mass is 15.0. The van der Waals surface area contributed by atoms with Crippen LogP contribution in [0, 0.1) is 18.8 Å².